The van der Waals surface area contributed by atoms with Crippen LogP contribution in [0, 0.1) is 7.14 Å². The molecule has 8 nitrogen and oxygen atoms in total. The molecule has 1 aliphatic heterocycles. The summed E-state index contributed by atoms with van der Waals surface area (Å²) in [6, 6.07) is 16.7. The van der Waals surface area contributed by atoms with Gasteiger partial charge < -0.3 is 18.9 Å². The first kappa shape index (κ1) is 33.7. The Balaban J connectivity index is 1.62. The third-order valence-corrected chi connectivity index (χ3v) is 10.2. The summed E-state index contributed by atoms with van der Waals surface area (Å²) in [6.07, 6.45) is 1.85. The van der Waals surface area contributed by atoms with Crippen LogP contribution in [0.2, 0.25) is 0 Å². The van der Waals surface area contributed by atoms with Gasteiger partial charge in [0, 0.05) is 4.47 Å². The number of halogens is 3. The number of hydrogen-bond acceptors (Lipinski definition) is 8. The van der Waals surface area contributed by atoms with Crippen molar-refractivity contribution < 1.29 is 23.7 Å². The molecule has 4 aromatic rings. The van der Waals surface area contributed by atoms with Gasteiger partial charge in [-0.25, -0.2) is 9.79 Å². The van der Waals surface area contributed by atoms with Gasteiger partial charge in [-0.05, 0) is 113 Å². The number of allylic oxidation sites excluding steroid dienone is 1. The average Bonchev–Trinajstić information content (AvgIpc) is 3.30. The highest BCUT2D eigenvalue weighted by Crippen LogP contribution is 2.41. The Bertz CT molecular complexity index is 1950. The van der Waals surface area contributed by atoms with E-state index in [-0.39, 0.29) is 17.7 Å². The van der Waals surface area contributed by atoms with Gasteiger partial charge in [-0.15, -0.1) is 0 Å². The lowest BCUT2D eigenvalue weighted by molar-refractivity contribution is -0.139. The Kier molecular flexibility index (Phi) is 11.1. The third-order valence-electron chi connectivity index (χ3n) is 6.94. The van der Waals surface area contributed by atoms with Crippen LogP contribution >= 0.6 is 72.4 Å². The van der Waals surface area contributed by atoms with Crippen molar-refractivity contribution in [2.24, 2.45) is 4.99 Å². The van der Waals surface area contributed by atoms with Crippen LogP contribution in [0.5, 0.6) is 17.2 Å². The molecule has 0 fully saturated rings. The Hall–Kier alpha value is -2.69. The molecule has 1 aromatic heterocycles. The van der Waals surface area contributed by atoms with Crippen LogP contribution in [0.3, 0.4) is 0 Å². The predicted octanol–water partition coefficient (Wildman–Crippen LogP) is 6.76. The Morgan fingerprint density at radius 1 is 1.04 bits per heavy atom. The van der Waals surface area contributed by atoms with Gasteiger partial charge in [0.1, 0.15) is 12.4 Å². The molecule has 3 aromatic carbocycles. The number of hydrogen-bond donors (Lipinski definition) is 0. The van der Waals surface area contributed by atoms with Crippen molar-refractivity contribution in [3.05, 3.63) is 114 Å². The van der Waals surface area contributed by atoms with E-state index in [2.05, 4.69) is 61.1 Å². The minimum absolute atomic E-state index is 0.183. The summed E-state index contributed by atoms with van der Waals surface area (Å²) in [5.41, 5.74) is 3.07. The standard InChI is InChI=1S/C33H29BrI2N2O6S/c1-5-42-26-16-22(34)21(15-25(26)41-4)29-28(32(40)43-6-2)18(3)37-33-38(29)31(39)27(45-33)14-20-12-23(35)30(24(36)13-20)44-17-19-10-8-7-9-11-19/h7-16,29H,5-6,17H2,1-4H3/b27-14+/t29-/m0/s1. The molecule has 0 amide bonds. The molecule has 12 heteroatoms. The van der Waals surface area contributed by atoms with E-state index in [1.807, 2.05) is 55.5 Å². The van der Waals surface area contributed by atoms with Gasteiger partial charge >= 0.3 is 5.97 Å². The molecule has 0 radical (unpaired) electrons. The quantitative estimate of drug-likeness (QED) is 0.129. The number of benzene rings is 3. The maximum atomic E-state index is 14.2. The van der Waals surface area contributed by atoms with Crippen LogP contribution < -0.4 is 29.1 Å². The first-order chi connectivity index (χ1) is 21.7. The number of rotatable bonds is 10. The monoisotopic (exact) mass is 914 g/mol. The molecule has 0 saturated carbocycles. The van der Waals surface area contributed by atoms with Gasteiger partial charge in [-0.2, -0.15) is 0 Å². The minimum Gasteiger partial charge on any atom is -0.493 e. The summed E-state index contributed by atoms with van der Waals surface area (Å²) in [4.78, 5) is 32.7. The summed E-state index contributed by atoms with van der Waals surface area (Å²) in [5.74, 6) is 1.28. The molecule has 0 N–H and O–H groups in total. The zero-order chi connectivity index (χ0) is 32.2. The van der Waals surface area contributed by atoms with E-state index in [4.69, 9.17) is 23.9 Å². The maximum absolute atomic E-state index is 14.2. The van der Waals surface area contributed by atoms with Crippen LogP contribution in [0.4, 0.5) is 0 Å². The second-order valence-corrected chi connectivity index (χ2v) is 14.0. The lowest BCUT2D eigenvalue weighted by Gasteiger charge is -2.26. The molecular formula is C33H29BrI2N2O6S. The van der Waals surface area contributed by atoms with Crippen LogP contribution in [-0.4, -0.2) is 30.9 Å². The van der Waals surface area contributed by atoms with Crippen LogP contribution in [-0.2, 0) is 16.1 Å². The molecule has 0 unspecified atom stereocenters. The highest BCUT2D eigenvalue weighted by atomic mass is 127. The maximum Gasteiger partial charge on any atom is 0.338 e. The van der Waals surface area contributed by atoms with E-state index in [0.717, 1.165) is 24.0 Å². The molecule has 1 aliphatic rings. The van der Waals surface area contributed by atoms with Gasteiger partial charge in [0.05, 0.1) is 49.3 Å². The molecule has 234 valence electrons. The third kappa shape index (κ3) is 7.18. The van der Waals surface area contributed by atoms with Crippen LogP contribution in [0.1, 0.15) is 43.5 Å². The predicted molar refractivity (Wildman–Crippen MR) is 195 cm³/mol. The van der Waals surface area contributed by atoms with Crippen LogP contribution in [0.25, 0.3) is 6.08 Å². The molecule has 45 heavy (non-hydrogen) atoms. The SMILES string of the molecule is CCOC(=O)C1=C(C)N=c2s/c(=C/c3cc(I)c(OCc4ccccc4)c(I)c3)c(=O)n2[C@H]1c1cc(OC)c(OCC)cc1Br. The number of ether oxygens (including phenoxy) is 4. The van der Waals surface area contributed by atoms with Gasteiger partial charge in [0.15, 0.2) is 16.3 Å². The molecule has 2 heterocycles. The molecule has 1 atom stereocenters. The highest BCUT2D eigenvalue weighted by molar-refractivity contribution is 14.1. The number of methoxy groups -OCH3 is 1. The normalized spacial score (nSPS) is 14.6. The van der Waals surface area contributed by atoms with Crippen molar-refractivity contribution in [2.75, 3.05) is 20.3 Å². The van der Waals surface area contributed by atoms with Crippen LogP contribution in [0.15, 0.2) is 80.1 Å². The Morgan fingerprint density at radius 2 is 1.76 bits per heavy atom. The van der Waals surface area contributed by atoms with Crippen molar-refractivity contribution in [3.8, 4) is 17.2 Å². The topological polar surface area (TPSA) is 88.4 Å². The number of carbonyl (C=O) groups is 1. The Labute approximate surface area is 300 Å². The van der Waals surface area contributed by atoms with Crippen molar-refractivity contribution in [3.63, 3.8) is 0 Å². The number of nitrogens with zero attached hydrogens (tertiary/aromatic N) is 2. The summed E-state index contributed by atoms with van der Waals surface area (Å²) in [7, 11) is 1.55. The summed E-state index contributed by atoms with van der Waals surface area (Å²) in [5, 5.41) is 0. The summed E-state index contributed by atoms with van der Waals surface area (Å²) in [6.45, 7) is 6.48. The largest absolute Gasteiger partial charge is 0.493 e. The van der Waals surface area contributed by atoms with Crippen molar-refractivity contribution >= 4 is 84.5 Å². The molecule has 5 rings (SSSR count). The van der Waals surface area contributed by atoms with Crippen molar-refractivity contribution in [1.82, 2.24) is 4.57 Å². The number of thiazole rings is 1. The van der Waals surface area contributed by atoms with E-state index < -0.39 is 12.0 Å². The van der Waals surface area contributed by atoms with Gasteiger partial charge in [0.25, 0.3) is 5.56 Å². The second kappa shape index (κ2) is 14.8. The number of carbonyl (C=O) groups excluding carboxylic acids is 1. The fourth-order valence-corrected chi connectivity index (χ4v) is 8.67. The van der Waals surface area contributed by atoms with E-state index in [1.165, 1.54) is 11.3 Å². The second-order valence-electron chi connectivity index (χ2n) is 9.85. The highest BCUT2D eigenvalue weighted by Gasteiger charge is 2.35. The number of fused-ring (bicyclic) bond motifs is 1. The first-order valence-electron chi connectivity index (χ1n) is 14.0. The van der Waals surface area contributed by atoms with E-state index >= 15 is 0 Å². The average molecular weight is 915 g/mol. The van der Waals surface area contributed by atoms with Gasteiger partial charge in [-0.1, -0.05) is 57.6 Å². The minimum atomic E-state index is -0.810. The van der Waals surface area contributed by atoms with Gasteiger partial charge in [-0.3, -0.25) is 9.36 Å². The zero-order valence-electron chi connectivity index (χ0n) is 24.9. The lowest BCUT2D eigenvalue weighted by atomic mass is 9.95. The lowest BCUT2D eigenvalue weighted by Crippen LogP contribution is -2.40. The first-order valence-corrected chi connectivity index (χ1v) is 17.8. The number of esters is 1. The molecular weight excluding hydrogens is 886 g/mol. The molecule has 0 bridgehead atoms. The summed E-state index contributed by atoms with van der Waals surface area (Å²) < 4.78 is 27.5. The van der Waals surface area contributed by atoms with E-state index in [1.54, 1.807) is 37.7 Å². The molecule has 0 spiro atoms. The summed E-state index contributed by atoms with van der Waals surface area (Å²) >= 11 is 9.45. The molecule has 0 aliphatic carbocycles. The zero-order valence-corrected chi connectivity index (χ0v) is 31.6. The Morgan fingerprint density at radius 3 is 2.40 bits per heavy atom. The van der Waals surface area contributed by atoms with E-state index in [0.29, 0.717) is 49.8 Å². The van der Waals surface area contributed by atoms with Crippen molar-refractivity contribution in [1.29, 1.82) is 0 Å². The van der Waals surface area contributed by atoms with Crippen molar-refractivity contribution in [2.45, 2.75) is 33.4 Å². The molecule has 0 saturated heterocycles. The fraction of sp³-hybridized carbons (Fsp3) is 0.242. The smallest absolute Gasteiger partial charge is 0.338 e. The fourth-order valence-electron chi connectivity index (χ4n) is 4.96. The van der Waals surface area contributed by atoms with Gasteiger partial charge in [0.2, 0.25) is 0 Å². The number of aromatic nitrogens is 1. The van der Waals surface area contributed by atoms with E-state index in [9.17, 15) is 9.59 Å².